The van der Waals surface area contributed by atoms with Crippen molar-refractivity contribution in [2.45, 2.75) is 31.7 Å². The number of urea groups is 1. The minimum atomic E-state index is -4.24. The Balaban J connectivity index is 1.65. The number of hydrogen-bond donors (Lipinski definition) is 2. The van der Waals surface area contributed by atoms with Crippen LogP contribution in [0.25, 0.3) is 0 Å². The van der Waals surface area contributed by atoms with E-state index in [1.165, 1.54) is 17.0 Å². The van der Waals surface area contributed by atoms with Crippen LogP contribution < -0.4 is 15.4 Å². The monoisotopic (exact) mass is 381 g/mol. The molecule has 146 valence electrons. The van der Waals surface area contributed by atoms with Crippen LogP contribution in [-0.2, 0) is 6.42 Å². The van der Waals surface area contributed by atoms with Crippen LogP contribution >= 0.6 is 0 Å². The van der Waals surface area contributed by atoms with E-state index < -0.39 is 25.4 Å². The Kier molecular flexibility index (Phi) is 7.01. The van der Waals surface area contributed by atoms with Crippen molar-refractivity contribution < 1.29 is 31.5 Å². The molecular weight excluding hydrogens is 361 g/mol. The quantitative estimate of drug-likeness (QED) is 0.715. The number of alkyl halides is 5. The highest BCUT2D eigenvalue weighted by Gasteiger charge is 2.34. The van der Waals surface area contributed by atoms with Crippen molar-refractivity contribution in [3.8, 4) is 5.75 Å². The zero-order valence-corrected chi connectivity index (χ0v) is 13.9. The van der Waals surface area contributed by atoms with Crippen molar-refractivity contribution in [2.75, 3.05) is 26.2 Å². The first-order chi connectivity index (χ1) is 12.2. The maximum atomic E-state index is 12.3. The zero-order valence-electron chi connectivity index (χ0n) is 13.9. The first kappa shape index (κ1) is 20.2. The summed E-state index contributed by atoms with van der Waals surface area (Å²) in [4.78, 5) is 13.0. The first-order valence-corrected chi connectivity index (χ1v) is 8.08. The van der Waals surface area contributed by atoms with Crippen molar-refractivity contribution in [3.05, 3.63) is 29.8 Å². The minimum Gasteiger partial charge on any atom is -0.435 e. The van der Waals surface area contributed by atoms with Crippen LogP contribution in [0.1, 0.15) is 12.0 Å². The molecule has 1 fully saturated rings. The molecule has 1 aliphatic heterocycles. The van der Waals surface area contributed by atoms with E-state index in [-0.39, 0.29) is 24.9 Å². The van der Waals surface area contributed by atoms with E-state index in [1.807, 2.05) is 0 Å². The predicted octanol–water partition coefficient (Wildman–Crippen LogP) is 2.77. The van der Waals surface area contributed by atoms with E-state index in [9.17, 15) is 26.7 Å². The molecule has 2 N–H and O–H groups in total. The zero-order chi connectivity index (χ0) is 19.2. The molecule has 1 aliphatic rings. The summed E-state index contributed by atoms with van der Waals surface area (Å²) in [6.45, 7) is -3.10. The lowest BCUT2D eigenvalue weighted by molar-refractivity contribution is -0.143. The first-order valence-electron chi connectivity index (χ1n) is 8.08. The molecule has 0 aliphatic carbocycles. The van der Waals surface area contributed by atoms with Crippen molar-refractivity contribution >= 4 is 6.03 Å². The van der Waals surface area contributed by atoms with Gasteiger partial charge in [-0.05, 0) is 30.5 Å². The van der Waals surface area contributed by atoms with Crippen molar-refractivity contribution in [1.82, 2.24) is 15.5 Å². The Morgan fingerprint density at radius 1 is 1.27 bits per heavy atom. The molecule has 0 radical (unpaired) electrons. The molecular formula is C16H20F5N3O2. The number of likely N-dealkylation sites (tertiary alicyclic amines) is 1. The van der Waals surface area contributed by atoms with Crippen LogP contribution in [-0.4, -0.2) is 55.9 Å². The summed E-state index contributed by atoms with van der Waals surface area (Å²) in [6.07, 6.45) is -3.30. The molecule has 1 saturated heterocycles. The molecule has 10 heteroatoms. The number of carbonyl (C=O) groups is 1. The Morgan fingerprint density at radius 2 is 1.96 bits per heavy atom. The second kappa shape index (κ2) is 9.02. The molecule has 2 rings (SSSR count). The van der Waals surface area contributed by atoms with E-state index in [0.717, 1.165) is 5.56 Å². The average Bonchev–Trinajstić information content (AvgIpc) is 2.93. The number of carbonyl (C=O) groups excluding carboxylic acids is 1. The van der Waals surface area contributed by atoms with Gasteiger partial charge in [0.2, 0.25) is 0 Å². The molecule has 1 heterocycles. The predicted molar refractivity (Wildman–Crippen MR) is 84.2 cm³/mol. The van der Waals surface area contributed by atoms with Gasteiger partial charge in [-0.1, -0.05) is 12.1 Å². The SMILES string of the molecule is O=C(NCCc1ccc(OC(F)F)cc1)NC1CCN(CC(F)(F)F)C1. The van der Waals surface area contributed by atoms with Crippen LogP contribution in [0.2, 0.25) is 0 Å². The highest BCUT2D eigenvalue weighted by Crippen LogP contribution is 2.20. The molecule has 0 spiro atoms. The van der Waals surface area contributed by atoms with E-state index in [4.69, 9.17) is 0 Å². The molecule has 2 amide bonds. The van der Waals surface area contributed by atoms with Gasteiger partial charge in [0.15, 0.2) is 0 Å². The van der Waals surface area contributed by atoms with Crippen molar-refractivity contribution in [2.24, 2.45) is 0 Å². The third-order valence-corrected chi connectivity index (χ3v) is 3.86. The Bertz CT molecular complexity index is 580. The van der Waals surface area contributed by atoms with Crippen LogP contribution in [0.3, 0.4) is 0 Å². The Hall–Kier alpha value is -2.10. The Morgan fingerprint density at radius 3 is 2.58 bits per heavy atom. The average molecular weight is 381 g/mol. The van der Waals surface area contributed by atoms with Crippen LogP contribution in [0.5, 0.6) is 5.75 Å². The van der Waals surface area contributed by atoms with Crippen LogP contribution in [0.15, 0.2) is 24.3 Å². The molecule has 0 saturated carbocycles. The maximum Gasteiger partial charge on any atom is 0.401 e. The second-order valence-electron chi connectivity index (χ2n) is 6.01. The topological polar surface area (TPSA) is 53.6 Å². The summed E-state index contributed by atoms with van der Waals surface area (Å²) in [5, 5.41) is 5.28. The largest absolute Gasteiger partial charge is 0.435 e. The fraction of sp³-hybridized carbons (Fsp3) is 0.562. The summed E-state index contributed by atoms with van der Waals surface area (Å²) in [7, 11) is 0. The van der Waals surface area contributed by atoms with Gasteiger partial charge in [-0.2, -0.15) is 22.0 Å². The van der Waals surface area contributed by atoms with Gasteiger partial charge < -0.3 is 15.4 Å². The number of hydrogen-bond acceptors (Lipinski definition) is 3. The van der Waals surface area contributed by atoms with E-state index in [0.29, 0.717) is 19.4 Å². The van der Waals surface area contributed by atoms with Gasteiger partial charge in [-0.15, -0.1) is 0 Å². The number of nitrogens with one attached hydrogen (secondary N) is 2. The number of amides is 2. The van der Waals surface area contributed by atoms with Crippen molar-refractivity contribution in [1.29, 1.82) is 0 Å². The lowest BCUT2D eigenvalue weighted by Gasteiger charge is -2.18. The molecule has 1 unspecified atom stereocenters. The smallest absolute Gasteiger partial charge is 0.401 e. The molecule has 0 aromatic heterocycles. The number of benzene rings is 1. The van der Waals surface area contributed by atoms with E-state index >= 15 is 0 Å². The lowest BCUT2D eigenvalue weighted by atomic mass is 10.1. The highest BCUT2D eigenvalue weighted by molar-refractivity contribution is 5.74. The maximum absolute atomic E-state index is 12.3. The highest BCUT2D eigenvalue weighted by atomic mass is 19.4. The third kappa shape index (κ3) is 7.42. The number of ether oxygens (including phenoxy) is 1. The molecule has 0 bridgehead atoms. The van der Waals surface area contributed by atoms with Gasteiger partial charge in [0.05, 0.1) is 6.54 Å². The summed E-state index contributed by atoms with van der Waals surface area (Å²) in [6, 6.07) is 5.29. The van der Waals surface area contributed by atoms with Crippen molar-refractivity contribution in [3.63, 3.8) is 0 Å². The minimum absolute atomic E-state index is 0.0547. The van der Waals surface area contributed by atoms with Gasteiger partial charge in [-0.3, -0.25) is 4.90 Å². The lowest BCUT2D eigenvalue weighted by Crippen LogP contribution is -2.44. The van der Waals surface area contributed by atoms with Gasteiger partial charge in [0.1, 0.15) is 5.75 Å². The van der Waals surface area contributed by atoms with Gasteiger partial charge in [-0.25, -0.2) is 4.79 Å². The van der Waals surface area contributed by atoms with Gasteiger partial charge in [0.25, 0.3) is 0 Å². The molecule has 26 heavy (non-hydrogen) atoms. The second-order valence-corrected chi connectivity index (χ2v) is 6.01. The number of nitrogens with zero attached hydrogens (tertiary/aromatic N) is 1. The van der Waals surface area contributed by atoms with Gasteiger partial charge >= 0.3 is 18.8 Å². The normalized spacial score (nSPS) is 18.2. The summed E-state index contributed by atoms with van der Waals surface area (Å²) >= 11 is 0. The summed E-state index contributed by atoms with van der Waals surface area (Å²) in [5.74, 6) is 0.0547. The molecule has 5 nitrogen and oxygen atoms in total. The summed E-state index contributed by atoms with van der Waals surface area (Å²) in [5.41, 5.74) is 0.823. The molecule has 1 atom stereocenters. The number of rotatable bonds is 7. The van der Waals surface area contributed by atoms with E-state index in [1.54, 1.807) is 12.1 Å². The molecule has 1 aromatic rings. The van der Waals surface area contributed by atoms with Gasteiger partial charge in [0, 0.05) is 25.7 Å². The fourth-order valence-corrected chi connectivity index (χ4v) is 2.74. The van der Waals surface area contributed by atoms with Crippen LogP contribution in [0.4, 0.5) is 26.7 Å². The third-order valence-electron chi connectivity index (χ3n) is 3.86. The number of halogens is 5. The fourth-order valence-electron chi connectivity index (χ4n) is 2.74. The summed E-state index contributed by atoms with van der Waals surface area (Å²) < 4.78 is 65.3. The van der Waals surface area contributed by atoms with E-state index in [2.05, 4.69) is 15.4 Å². The molecule has 1 aromatic carbocycles. The Labute approximate surface area is 147 Å². The standard InChI is InChI=1S/C16H20F5N3O2/c17-14(18)26-13-3-1-11(2-4-13)5-7-22-15(25)23-12-6-8-24(9-12)10-16(19,20)21/h1-4,12,14H,5-10H2,(H2,22,23,25). The van der Waals surface area contributed by atoms with Crippen LogP contribution in [0, 0.1) is 0 Å².